The third-order valence-corrected chi connectivity index (χ3v) is 3.70. The minimum Gasteiger partial charge on any atom is -0.382 e. The van der Waals surface area contributed by atoms with Gasteiger partial charge in [-0.25, -0.2) is 0 Å². The number of halogens is 1. The van der Waals surface area contributed by atoms with Crippen LogP contribution in [-0.2, 0) is 0 Å². The van der Waals surface area contributed by atoms with E-state index in [4.69, 9.17) is 0 Å². The molecule has 0 radical (unpaired) electrons. The van der Waals surface area contributed by atoms with Crippen molar-refractivity contribution in [2.45, 2.75) is 38.6 Å². The Morgan fingerprint density at radius 2 is 1.93 bits per heavy atom. The molecule has 0 heterocycles. The second kappa shape index (κ2) is 5.02. The van der Waals surface area contributed by atoms with Gasteiger partial charge in [0.2, 0.25) is 0 Å². The van der Waals surface area contributed by atoms with E-state index in [1.165, 1.54) is 31.4 Å². The van der Waals surface area contributed by atoms with Crippen LogP contribution in [0.25, 0.3) is 0 Å². The van der Waals surface area contributed by atoms with Gasteiger partial charge in [-0.2, -0.15) is 0 Å². The first-order valence-corrected chi connectivity index (χ1v) is 6.55. The largest absolute Gasteiger partial charge is 0.382 e. The van der Waals surface area contributed by atoms with Crippen molar-refractivity contribution < 1.29 is 0 Å². The molecule has 2 heteroatoms. The van der Waals surface area contributed by atoms with Gasteiger partial charge in [-0.1, -0.05) is 28.9 Å². The Labute approximate surface area is 100 Å². The molecule has 1 aromatic rings. The molecule has 0 aliphatic heterocycles. The third kappa shape index (κ3) is 3.23. The lowest BCUT2D eigenvalue weighted by Crippen LogP contribution is -2.25. The predicted molar refractivity (Wildman–Crippen MR) is 69.2 cm³/mol. The van der Waals surface area contributed by atoms with Gasteiger partial charge >= 0.3 is 0 Å². The van der Waals surface area contributed by atoms with E-state index in [-0.39, 0.29) is 0 Å². The molecular weight excluding hydrogens is 250 g/mol. The number of rotatable bonds is 2. The van der Waals surface area contributed by atoms with Crippen molar-refractivity contribution in [1.82, 2.24) is 0 Å². The SMILES string of the molecule is CC1CCC(Nc2cccc(Br)c2)CC1. The first-order valence-electron chi connectivity index (χ1n) is 5.76. The van der Waals surface area contributed by atoms with Crippen LogP contribution < -0.4 is 5.32 Å². The number of anilines is 1. The molecule has 0 saturated heterocycles. The van der Waals surface area contributed by atoms with Gasteiger partial charge < -0.3 is 5.32 Å². The van der Waals surface area contributed by atoms with E-state index >= 15 is 0 Å². The summed E-state index contributed by atoms with van der Waals surface area (Å²) in [6.07, 6.45) is 5.36. The molecule has 1 saturated carbocycles. The van der Waals surface area contributed by atoms with Crippen LogP contribution >= 0.6 is 15.9 Å². The number of benzene rings is 1. The summed E-state index contributed by atoms with van der Waals surface area (Å²) in [6.45, 7) is 2.36. The summed E-state index contributed by atoms with van der Waals surface area (Å²) < 4.78 is 1.15. The average molecular weight is 268 g/mol. The van der Waals surface area contributed by atoms with E-state index in [9.17, 15) is 0 Å². The zero-order valence-corrected chi connectivity index (χ0v) is 10.8. The molecule has 0 bridgehead atoms. The first kappa shape index (κ1) is 11.0. The lowest BCUT2D eigenvalue weighted by Gasteiger charge is -2.27. The van der Waals surface area contributed by atoms with Crippen LogP contribution in [0.1, 0.15) is 32.6 Å². The highest BCUT2D eigenvalue weighted by Gasteiger charge is 2.17. The molecule has 0 amide bonds. The molecule has 2 rings (SSSR count). The van der Waals surface area contributed by atoms with Crippen LogP contribution in [0.15, 0.2) is 28.7 Å². The minimum absolute atomic E-state index is 0.676. The van der Waals surface area contributed by atoms with Crippen molar-refractivity contribution in [3.8, 4) is 0 Å². The molecule has 1 fully saturated rings. The number of hydrogen-bond donors (Lipinski definition) is 1. The van der Waals surface area contributed by atoms with Gasteiger partial charge in [0, 0.05) is 16.2 Å². The van der Waals surface area contributed by atoms with Gasteiger partial charge in [0.1, 0.15) is 0 Å². The molecule has 1 N–H and O–H groups in total. The summed E-state index contributed by atoms with van der Waals surface area (Å²) in [5.41, 5.74) is 1.24. The molecule has 1 aliphatic rings. The van der Waals surface area contributed by atoms with E-state index < -0.39 is 0 Å². The summed E-state index contributed by atoms with van der Waals surface area (Å²) in [5.74, 6) is 0.922. The van der Waals surface area contributed by atoms with Gasteiger partial charge in [0.05, 0.1) is 0 Å². The van der Waals surface area contributed by atoms with E-state index in [1.807, 2.05) is 0 Å². The monoisotopic (exact) mass is 267 g/mol. The topological polar surface area (TPSA) is 12.0 Å². The van der Waals surface area contributed by atoms with Gasteiger partial charge in [-0.3, -0.25) is 0 Å². The van der Waals surface area contributed by atoms with Crippen molar-refractivity contribution in [2.24, 2.45) is 5.92 Å². The van der Waals surface area contributed by atoms with Gasteiger partial charge in [-0.05, 0) is 49.8 Å². The van der Waals surface area contributed by atoms with E-state index in [0.29, 0.717) is 6.04 Å². The van der Waals surface area contributed by atoms with Crippen LogP contribution in [0, 0.1) is 5.92 Å². The van der Waals surface area contributed by atoms with Crippen molar-refractivity contribution in [3.05, 3.63) is 28.7 Å². The lowest BCUT2D eigenvalue weighted by molar-refractivity contribution is 0.361. The zero-order valence-electron chi connectivity index (χ0n) is 9.17. The van der Waals surface area contributed by atoms with Crippen LogP contribution in [0.5, 0.6) is 0 Å². The summed E-state index contributed by atoms with van der Waals surface area (Å²) in [4.78, 5) is 0. The fraction of sp³-hybridized carbons (Fsp3) is 0.538. The van der Waals surface area contributed by atoms with Crippen LogP contribution in [-0.4, -0.2) is 6.04 Å². The number of hydrogen-bond acceptors (Lipinski definition) is 1. The Kier molecular flexibility index (Phi) is 3.68. The molecular formula is C13H18BrN. The van der Waals surface area contributed by atoms with Crippen molar-refractivity contribution in [1.29, 1.82) is 0 Å². The normalized spacial score (nSPS) is 26.3. The molecule has 1 aliphatic carbocycles. The fourth-order valence-electron chi connectivity index (χ4n) is 2.22. The third-order valence-electron chi connectivity index (χ3n) is 3.21. The zero-order chi connectivity index (χ0) is 10.7. The highest BCUT2D eigenvalue weighted by atomic mass is 79.9. The van der Waals surface area contributed by atoms with Gasteiger partial charge in [0.25, 0.3) is 0 Å². The van der Waals surface area contributed by atoms with Crippen LogP contribution in [0.4, 0.5) is 5.69 Å². The Balaban J connectivity index is 1.92. The molecule has 0 unspecified atom stereocenters. The number of nitrogens with one attached hydrogen (secondary N) is 1. The fourth-order valence-corrected chi connectivity index (χ4v) is 2.62. The second-order valence-electron chi connectivity index (χ2n) is 4.61. The van der Waals surface area contributed by atoms with Gasteiger partial charge in [-0.15, -0.1) is 0 Å². The highest BCUT2D eigenvalue weighted by molar-refractivity contribution is 9.10. The van der Waals surface area contributed by atoms with Crippen LogP contribution in [0.2, 0.25) is 0 Å². The minimum atomic E-state index is 0.676. The maximum absolute atomic E-state index is 3.61. The molecule has 1 nitrogen and oxygen atoms in total. The first-order chi connectivity index (χ1) is 7.24. The van der Waals surface area contributed by atoms with Crippen molar-refractivity contribution >= 4 is 21.6 Å². The Morgan fingerprint density at radius 3 is 2.60 bits per heavy atom. The standard InChI is InChI=1S/C13H18BrN/c1-10-5-7-12(8-6-10)15-13-4-2-3-11(14)9-13/h2-4,9-10,12,15H,5-8H2,1H3. The lowest BCUT2D eigenvalue weighted by atomic mass is 9.87. The summed E-state index contributed by atoms with van der Waals surface area (Å²) in [6, 6.07) is 9.11. The Hall–Kier alpha value is -0.500. The van der Waals surface area contributed by atoms with E-state index in [2.05, 4.69) is 52.4 Å². The van der Waals surface area contributed by atoms with Crippen LogP contribution in [0.3, 0.4) is 0 Å². The van der Waals surface area contributed by atoms with Crippen molar-refractivity contribution in [3.63, 3.8) is 0 Å². The molecule has 0 aromatic heterocycles. The summed E-state index contributed by atoms with van der Waals surface area (Å²) in [7, 11) is 0. The molecule has 0 spiro atoms. The predicted octanol–water partition coefficient (Wildman–Crippen LogP) is 4.44. The highest BCUT2D eigenvalue weighted by Crippen LogP contribution is 2.26. The Bertz CT molecular complexity index is 316. The second-order valence-corrected chi connectivity index (χ2v) is 5.53. The average Bonchev–Trinajstić information content (AvgIpc) is 2.22. The Morgan fingerprint density at radius 1 is 1.20 bits per heavy atom. The molecule has 82 valence electrons. The van der Waals surface area contributed by atoms with Gasteiger partial charge in [0.15, 0.2) is 0 Å². The summed E-state index contributed by atoms with van der Waals surface area (Å²) in [5, 5.41) is 3.61. The molecule has 1 aromatic carbocycles. The molecule has 15 heavy (non-hydrogen) atoms. The van der Waals surface area contributed by atoms with E-state index in [1.54, 1.807) is 0 Å². The maximum Gasteiger partial charge on any atom is 0.0353 e. The quantitative estimate of drug-likeness (QED) is 0.836. The van der Waals surface area contributed by atoms with Crippen molar-refractivity contribution in [2.75, 3.05) is 5.32 Å². The van der Waals surface area contributed by atoms with E-state index in [0.717, 1.165) is 10.4 Å². The molecule has 0 atom stereocenters. The summed E-state index contributed by atoms with van der Waals surface area (Å²) >= 11 is 3.50. The maximum atomic E-state index is 3.61. The smallest absolute Gasteiger partial charge is 0.0353 e.